The van der Waals surface area contributed by atoms with Gasteiger partial charge < -0.3 is 4.90 Å². The predicted molar refractivity (Wildman–Crippen MR) is 54.2 cm³/mol. The molecule has 0 amide bonds. The summed E-state index contributed by atoms with van der Waals surface area (Å²) in [6.45, 7) is 0. The van der Waals surface area contributed by atoms with E-state index in [0.29, 0.717) is 0 Å². The van der Waals surface area contributed by atoms with Crippen molar-refractivity contribution in [1.29, 1.82) is 0 Å². The molecular formula is C8H11N3S. The van der Waals surface area contributed by atoms with Gasteiger partial charge in [0.2, 0.25) is 0 Å². The highest BCUT2D eigenvalue weighted by atomic mass is 32.1. The summed E-state index contributed by atoms with van der Waals surface area (Å²) in [6.07, 6.45) is 0. The molecule has 64 valence electrons. The van der Waals surface area contributed by atoms with Crippen LogP contribution in [0.3, 0.4) is 0 Å². The number of nitrogens with zero attached hydrogens (tertiary/aromatic N) is 2. The van der Waals surface area contributed by atoms with E-state index in [4.69, 9.17) is 0 Å². The molecule has 1 N–H and O–H groups in total. The number of anilines is 2. The summed E-state index contributed by atoms with van der Waals surface area (Å²) >= 11 is 4.42. The van der Waals surface area contributed by atoms with E-state index in [0.717, 1.165) is 11.4 Å². The zero-order valence-electron chi connectivity index (χ0n) is 7.11. The van der Waals surface area contributed by atoms with E-state index >= 15 is 0 Å². The van der Waals surface area contributed by atoms with E-state index in [2.05, 4.69) is 22.3 Å². The van der Waals surface area contributed by atoms with Gasteiger partial charge in [-0.1, -0.05) is 0 Å². The normalized spacial score (nSPS) is 9.17. The van der Waals surface area contributed by atoms with Crippen molar-refractivity contribution in [3.05, 3.63) is 24.3 Å². The van der Waals surface area contributed by atoms with Gasteiger partial charge in [0, 0.05) is 19.8 Å². The summed E-state index contributed by atoms with van der Waals surface area (Å²) in [5.74, 6) is 0. The van der Waals surface area contributed by atoms with E-state index in [1.54, 1.807) is 0 Å². The van der Waals surface area contributed by atoms with Crippen LogP contribution in [0.25, 0.3) is 0 Å². The number of nitrogens with one attached hydrogen (secondary N) is 1. The van der Waals surface area contributed by atoms with Crippen molar-refractivity contribution in [3.8, 4) is 0 Å². The monoisotopic (exact) mass is 181 g/mol. The van der Waals surface area contributed by atoms with Crippen molar-refractivity contribution < 1.29 is 0 Å². The summed E-state index contributed by atoms with van der Waals surface area (Å²) in [5.41, 5.74) is 4.76. The molecule has 0 saturated heterocycles. The van der Waals surface area contributed by atoms with Gasteiger partial charge in [-0.2, -0.15) is 0 Å². The van der Waals surface area contributed by atoms with E-state index in [9.17, 15) is 0 Å². The Kier molecular flexibility index (Phi) is 2.99. The highest BCUT2D eigenvalue weighted by molar-refractivity contribution is 7.47. The second-order valence-corrected chi connectivity index (χ2v) is 2.83. The fourth-order valence-electron chi connectivity index (χ4n) is 0.887. The van der Waals surface area contributed by atoms with Gasteiger partial charge in [0.1, 0.15) is 0 Å². The Balaban J connectivity index is 2.78. The molecule has 1 rings (SSSR count). The summed E-state index contributed by atoms with van der Waals surface area (Å²) < 4.78 is 3.40. The Morgan fingerprint density at radius 1 is 1.25 bits per heavy atom. The third-order valence-electron chi connectivity index (χ3n) is 1.56. The molecule has 0 heterocycles. The van der Waals surface area contributed by atoms with E-state index in [-0.39, 0.29) is 0 Å². The Labute approximate surface area is 77.5 Å². The van der Waals surface area contributed by atoms with E-state index in [1.165, 1.54) is 0 Å². The summed E-state index contributed by atoms with van der Waals surface area (Å²) in [4.78, 5) is 2.04. The van der Waals surface area contributed by atoms with Crippen LogP contribution in [0.15, 0.2) is 28.7 Å². The number of benzene rings is 1. The minimum absolute atomic E-state index is 0.913. The third-order valence-corrected chi connectivity index (χ3v) is 1.65. The Bertz CT molecular complexity index is 256. The Hall–Kier alpha value is -1.16. The van der Waals surface area contributed by atoms with Gasteiger partial charge in [0.05, 0.1) is 18.1 Å². The van der Waals surface area contributed by atoms with E-state index in [1.807, 2.05) is 43.3 Å². The summed E-state index contributed by atoms with van der Waals surface area (Å²) in [6, 6.07) is 7.88. The average molecular weight is 181 g/mol. The van der Waals surface area contributed by atoms with Gasteiger partial charge in [-0.25, -0.2) is 0 Å². The molecule has 0 unspecified atom stereocenters. The van der Waals surface area contributed by atoms with Crippen LogP contribution in [0, 0.1) is 0 Å². The standard InChI is InChI=1S/C8H11N3S/c1-11(2)8-5-3-7(4-6-8)9-10-12/h3-6H,1-2H3,(H,9,12). The first-order valence-electron chi connectivity index (χ1n) is 3.60. The maximum Gasteiger partial charge on any atom is 0.0630 e. The van der Waals surface area contributed by atoms with Crippen molar-refractivity contribution >= 4 is 23.8 Å². The number of hydrogen-bond donors (Lipinski definition) is 1. The fraction of sp³-hybridized carbons (Fsp3) is 0.250. The van der Waals surface area contributed by atoms with Gasteiger partial charge in [-0.3, -0.25) is 5.43 Å². The van der Waals surface area contributed by atoms with Crippen molar-refractivity contribution in [1.82, 2.24) is 0 Å². The second-order valence-electron chi connectivity index (χ2n) is 2.64. The average Bonchev–Trinajstić information content (AvgIpc) is 2.06. The SMILES string of the molecule is CN(C)c1ccc(NN=S)cc1. The van der Waals surface area contributed by atoms with Crippen molar-refractivity contribution in [2.75, 3.05) is 24.4 Å². The first-order chi connectivity index (χ1) is 5.74. The van der Waals surface area contributed by atoms with Crippen molar-refractivity contribution in [2.45, 2.75) is 0 Å². The summed E-state index contributed by atoms with van der Waals surface area (Å²) in [5, 5.41) is 0. The van der Waals surface area contributed by atoms with Crippen LogP contribution in [-0.2, 0) is 12.4 Å². The van der Waals surface area contributed by atoms with Crippen LogP contribution < -0.4 is 10.3 Å². The lowest BCUT2D eigenvalue weighted by Crippen LogP contribution is -2.07. The van der Waals surface area contributed by atoms with Gasteiger partial charge >= 0.3 is 0 Å². The molecule has 4 heteroatoms. The van der Waals surface area contributed by atoms with Crippen LogP contribution in [0.4, 0.5) is 11.4 Å². The molecule has 0 aliphatic rings. The maximum atomic E-state index is 4.42. The zero-order valence-corrected chi connectivity index (χ0v) is 7.93. The van der Waals surface area contributed by atoms with E-state index < -0.39 is 0 Å². The van der Waals surface area contributed by atoms with Crippen LogP contribution in [-0.4, -0.2) is 14.1 Å². The number of hydrogen-bond acceptors (Lipinski definition) is 3. The van der Waals surface area contributed by atoms with Gasteiger partial charge in [-0.15, -0.1) is 4.47 Å². The van der Waals surface area contributed by atoms with Gasteiger partial charge in [0.15, 0.2) is 0 Å². The third kappa shape index (κ3) is 2.17. The van der Waals surface area contributed by atoms with Gasteiger partial charge in [0.25, 0.3) is 0 Å². The molecule has 0 aromatic heterocycles. The highest BCUT2D eigenvalue weighted by Gasteiger charge is 1.93. The Morgan fingerprint density at radius 3 is 2.25 bits per heavy atom. The van der Waals surface area contributed by atoms with Crippen molar-refractivity contribution in [2.24, 2.45) is 4.47 Å². The topological polar surface area (TPSA) is 27.6 Å². The lowest BCUT2D eigenvalue weighted by Gasteiger charge is -2.11. The summed E-state index contributed by atoms with van der Waals surface area (Å²) in [7, 11) is 4.00. The molecule has 12 heavy (non-hydrogen) atoms. The molecule has 0 aliphatic carbocycles. The molecule has 0 radical (unpaired) electrons. The largest absolute Gasteiger partial charge is 0.378 e. The maximum absolute atomic E-state index is 4.42. The molecule has 1 aromatic rings. The van der Waals surface area contributed by atoms with Crippen LogP contribution >= 0.6 is 0 Å². The lowest BCUT2D eigenvalue weighted by molar-refractivity contribution is 1.13. The Morgan fingerprint density at radius 2 is 1.83 bits per heavy atom. The lowest BCUT2D eigenvalue weighted by atomic mass is 10.3. The molecule has 0 fully saturated rings. The van der Waals surface area contributed by atoms with Gasteiger partial charge in [-0.05, 0) is 24.3 Å². The molecular weight excluding hydrogens is 170 g/mol. The number of rotatable bonds is 3. The molecule has 0 atom stereocenters. The molecule has 3 nitrogen and oxygen atoms in total. The minimum atomic E-state index is 0.913. The molecule has 0 saturated carbocycles. The molecule has 0 aliphatic heterocycles. The molecule has 0 bridgehead atoms. The first kappa shape index (κ1) is 8.93. The minimum Gasteiger partial charge on any atom is -0.378 e. The van der Waals surface area contributed by atoms with Crippen molar-refractivity contribution in [3.63, 3.8) is 0 Å². The molecule has 0 spiro atoms. The van der Waals surface area contributed by atoms with Crippen LogP contribution in [0.1, 0.15) is 0 Å². The smallest absolute Gasteiger partial charge is 0.0630 e. The van der Waals surface area contributed by atoms with Crippen LogP contribution in [0.5, 0.6) is 0 Å². The fourth-order valence-corrected chi connectivity index (χ4v) is 0.992. The predicted octanol–water partition coefficient (Wildman–Crippen LogP) is 1.81. The second kappa shape index (κ2) is 4.01. The quantitative estimate of drug-likeness (QED) is 0.721. The highest BCUT2D eigenvalue weighted by Crippen LogP contribution is 2.15. The zero-order chi connectivity index (χ0) is 8.97. The molecule has 1 aromatic carbocycles. The first-order valence-corrected chi connectivity index (χ1v) is 3.96. The van der Waals surface area contributed by atoms with Crippen LogP contribution in [0.2, 0.25) is 0 Å².